The van der Waals surface area contributed by atoms with Crippen LogP contribution in [0.1, 0.15) is 48.1 Å². The number of aromatic nitrogens is 1. The molecule has 3 aromatic rings. The average Bonchev–Trinajstić information content (AvgIpc) is 3.63. The number of nitrogens with one attached hydrogen (secondary N) is 4. The molecule has 0 radical (unpaired) electrons. The lowest BCUT2D eigenvalue weighted by atomic mass is 9.99. The van der Waals surface area contributed by atoms with Gasteiger partial charge in [-0.05, 0) is 31.9 Å². The van der Waals surface area contributed by atoms with E-state index in [4.69, 9.17) is 19.2 Å². The minimum atomic E-state index is -1.07. The van der Waals surface area contributed by atoms with Gasteiger partial charge in [0.1, 0.15) is 18.1 Å². The first kappa shape index (κ1) is 40.2. The summed E-state index contributed by atoms with van der Waals surface area (Å²) in [6.07, 6.45) is 0.325. The molecule has 16 heteroatoms. The molecule has 0 spiro atoms. The lowest BCUT2D eigenvalue weighted by molar-refractivity contribution is -0.146. The van der Waals surface area contributed by atoms with Crippen LogP contribution in [-0.4, -0.2) is 119 Å². The molecule has 2 aromatic carbocycles. The Kier molecular flexibility index (Phi) is 14.6. The first-order chi connectivity index (χ1) is 25.4. The van der Waals surface area contributed by atoms with Gasteiger partial charge in [-0.1, -0.05) is 65.8 Å². The fraction of sp³-hybridized carbons (Fsp3) is 0.432. The molecule has 5 amide bonds. The van der Waals surface area contributed by atoms with Gasteiger partial charge in [-0.15, -0.1) is 0 Å². The summed E-state index contributed by atoms with van der Waals surface area (Å²) in [5, 5.41) is 21.9. The molecule has 53 heavy (non-hydrogen) atoms. The van der Waals surface area contributed by atoms with E-state index in [1.54, 1.807) is 4.90 Å². The Morgan fingerprint density at radius 2 is 1.42 bits per heavy atom. The number of fused-ring (bicyclic) bond motifs is 2. The van der Waals surface area contributed by atoms with Gasteiger partial charge in [0, 0.05) is 45.1 Å². The molecular weight excluding hydrogens is 686 g/mol. The number of amides is 5. The zero-order valence-corrected chi connectivity index (χ0v) is 30.1. The molecule has 0 saturated carbocycles. The zero-order valence-electron chi connectivity index (χ0n) is 30.1. The highest BCUT2D eigenvalue weighted by atomic mass is 16.5. The Hall–Kier alpha value is -5.61. The Labute approximate surface area is 307 Å². The van der Waals surface area contributed by atoms with Crippen molar-refractivity contribution in [1.82, 2.24) is 36.2 Å². The van der Waals surface area contributed by atoms with Crippen LogP contribution in [0.5, 0.6) is 0 Å². The average molecular weight is 734 g/mol. The van der Waals surface area contributed by atoms with Crippen molar-refractivity contribution in [3.63, 3.8) is 0 Å². The summed E-state index contributed by atoms with van der Waals surface area (Å²) in [7, 11) is 0. The van der Waals surface area contributed by atoms with Gasteiger partial charge in [0.2, 0.25) is 23.6 Å². The summed E-state index contributed by atoms with van der Waals surface area (Å²) in [5.41, 5.74) is 0.623. The number of ether oxygens (including phenoxy) is 1. The maximum absolute atomic E-state index is 14.1. The number of benzene rings is 2. The van der Waals surface area contributed by atoms with Gasteiger partial charge in [-0.3, -0.25) is 33.7 Å². The Balaban J connectivity index is 0.00000202. The van der Waals surface area contributed by atoms with Gasteiger partial charge in [-0.25, -0.2) is 0 Å². The monoisotopic (exact) mass is 733 g/mol. The van der Waals surface area contributed by atoms with E-state index in [1.165, 1.54) is 13.0 Å². The third kappa shape index (κ3) is 11.4. The molecule has 3 atom stereocenters. The van der Waals surface area contributed by atoms with Crippen molar-refractivity contribution in [1.29, 1.82) is 0 Å². The van der Waals surface area contributed by atoms with Crippen LogP contribution < -0.4 is 21.3 Å². The molecule has 2 aliphatic heterocycles. The third-order valence-electron chi connectivity index (χ3n) is 9.00. The van der Waals surface area contributed by atoms with Crippen LogP contribution >= 0.6 is 0 Å². The van der Waals surface area contributed by atoms with Crippen LogP contribution in [0.2, 0.25) is 0 Å². The van der Waals surface area contributed by atoms with Crippen molar-refractivity contribution < 1.29 is 43.1 Å². The Bertz CT molecular complexity index is 1690. The van der Waals surface area contributed by atoms with E-state index >= 15 is 0 Å². The topological polar surface area (TPSA) is 213 Å². The second-order valence-corrected chi connectivity index (χ2v) is 13.2. The van der Waals surface area contributed by atoms with E-state index in [0.717, 1.165) is 11.1 Å². The molecule has 2 aliphatic rings. The highest BCUT2D eigenvalue weighted by Gasteiger charge is 2.39. The predicted molar refractivity (Wildman–Crippen MR) is 191 cm³/mol. The molecule has 0 aliphatic carbocycles. The van der Waals surface area contributed by atoms with Crippen molar-refractivity contribution in [3.8, 4) is 0 Å². The lowest BCUT2D eigenvalue weighted by Crippen LogP contribution is -2.60. The standard InChI is InChI=1S/C36H45N7O7.CH2O2/c1-24-31(44)39-29(21-26-12-8-5-9-13-26)33(46)40-28(20-25-10-6-4-7-11-25)32(45)37-14-15-42(23-27-22-30(41-50-27)34(47)38-24)35(48)36(2,3)43-16-18-49-19-17-43;2-1-3/h4-13,22,24,28-29H,14-21,23H2,1-3H3,(H,37,45)(H,38,47)(H,39,44)(H,40,46);1H,(H,2,3)/t24-,28+,29-;/m0./s1. The van der Waals surface area contributed by atoms with E-state index < -0.39 is 47.3 Å². The molecule has 2 bridgehead atoms. The predicted octanol–water partition coefficient (Wildman–Crippen LogP) is 0.518. The number of rotatable bonds is 6. The summed E-state index contributed by atoms with van der Waals surface area (Å²) in [4.78, 5) is 80.2. The minimum Gasteiger partial charge on any atom is -0.483 e. The maximum atomic E-state index is 14.1. The number of hydrogen-bond donors (Lipinski definition) is 5. The van der Waals surface area contributed by atoms with Crippen molar-refractivity contribution in [2.45, 2.75) is 63.8 Å². The SMILES string of the molecule is C[C@@H]1NC(=O)c2cc(on2)CN(C(=O)C(C)(C)N2CCOCC2)CCNC(=O)[C@@H](Cc2ccccc2)NC(=O)[C@H](Cc2ccccc2)NC1=O.O=CO. The second kappa shape index (κ2) is 19.3. The maximum Gasteiger partial charge on any atom is 0.290 e. The summed E-state index contributed by atoms with van der Waals surface area (Å²) >= 11 is 0. The van der Waals surface area contributed by atoms with Crippen LogP contribution in [0.15, 0.2) is 71.3 Å². The van der Waals surface area contributed by atoms with Gasteiger partial charge in [-0.2, -0.15) is 0 Å². The van der Waals surface area contributed by atoms with E-state index in [9.17, 15) is 24.0 Å². The molecule has 1 fully saturated rings. The molecule has 5 rings (SSSR count). The molecule has 284 valence electrons. The summed E-state index contributed by atoms with van der Waals surface area (Å²) in [6.45, 7) is 7.23. The lowest BCUT2D eigenvalue weighted by Gasteiger charge is -2.42. The summed E-state index contributed by atoms with van der Waals surface area (Å²) in [5.74, 6) is -2.24. The number of carbonyl (C=O) groups is 6. The molecule has 3 heterocycles. The molecule has 16 nitrogen and oxygen atoms in total. The molecule has 5 N–H and O–H groups in total. The van der Waals surface area contributed by atoms with Gasteiger partial charge >= 0.3 is 0 Å². The quantitative estimate of drug-likeness (QED) is 0.220. The van der Waals surface area contributed by atoms with E-state index in [0.29, 0.717) is 26.3 Å². The fourth-order valence-electron chi connectivity index (χ4n) is 6.04. The van der Waals surface area contributed by atoms with Crippen molar-refractivity contribution in [2.75, 3.05) is 39.4 Å². The summed E-state index contributed by atoms with van der Waals surface area (Å²) in [6, 6.07) is 16.7. The van der Waals surface area contributed by atoms with Crippen LogP contribution in [0, 0.1) is 0 Å². The number of morpholine rings is 1. The normalized spacial score (nSPS) is 21.0. The van der Waals surface area contributed by atoms with Gasteiger partial charge in [0.15, 0.2) is 11.5 Å². The van der Waals surface area contributed by atoms with Crippen LogP contribution in [0.25, 0.3) is 0 Å². The Morgan fingerprint density at radius 1 is 0.868 bits per heavy atom. The number of hydrogen-bond acceptors (Lipinski definition) is 10. The molecule has 1 aromatic heterocycles. The van der Waals surface area contributed by atoms with E-state index in [1.807, 2.05) is 79.4 Å². The molecular formula is C37H47N7O9. The molecule has 1 saturated heterocycles. The number of carbonyl (C=O) groups excluding carboxylic acids is 5. The number of nitrogens with zero attached hydrogens (tertiary/aromatic N) is 3. The van der Waals surface area contributed by atoms with Crippen LogP contribution in [-0.2, 0) is 48.1 Å². The zero-order chi connectivity index (χ0) is 38.4. The molecule has 0 unspecified atom stereocenters. The second-order valence-electron chi connectivity index (χ2n) is 13.2. The largest absolute Gasteiger partial charge is 0.483 e. The van der Waals surface area contributed by atoms with E-state index in [-0.39, 0.29) is 56.3 Å². The minimum absolute atomic E-state index is 0.0237. The smallest absolute Gasteiger partial charge is 0.290 e. The fourth-order valence-corrected chi connectivity index (χ4v) is 6.04. The third-order valence-corrected chi connectivity index (χ3v) is 9.00. The van der Waals surface area contributed by atoms with Crippen LogP contribution in [0.3, 0.4) is 0 Å². The summed E-state index contributed by atoms with van der Waals surface area (Å²) < 4.78 is 11.0. The highest BCUT2D eigenvalue weighted by molar-refractivity contribution is 5.97. The van der Waals surface area contributed by atoms with Gasteiger partial charge in [0.05, 0.1) is 25.3 Å². The number of carboxylic acid groups (broad SMARTS) is 1. The van der Waals surface area contributed by atoms with E-state index in [2.05, 4.69) is 26.4 Å². The van der Waals surface area contributed by atoms with Crippen molar-refractivity contribution >= 4 is 36.0 Å². The van der Waals surface area contributed by atoms with Gasteiger partial charge < -0.3 is 40.5 Å². The first-order valence-electron chi connectivity index (χ1n) is 17.4. The highest BCUT2D eigenvalue weighted by Crippen LogP contribution is 2.21. The first-order valence-corrected chi connectivity index (χ1v) is 17.4. The Morgan fingerprint density at radius 3 is 2.00 bits per heavy atom. The van der Waals surface area contributed by atoms with Crippen molar-refractivity contribution in [2.24, 2.45) is 0 Å². The van der Waals surface area contributed by atoms with Crippen molar-refractivity contribution in [3.05, 3.63) is 89.3 Å². The van der Waals surface area contributed by atoms with Crippen LogP contribution in [0.4, 0.5) is 0 Å². The van der Waals surface area contributed by atoms with Gasteiger partial charge in [0.25, 0.3) is 12.4 Å².